The molecular formula is C17H19ClN2O4S. The fraction of sp³-hybridized carbons (Fsp3) is 0.235. The van der Waals surface area contributed by atoms with Gasteiger partial charge in [-0.25, -0.2) is 8.42 Å². The lowest BCUT2D eigenvalue weighted by molar-refractivity contribution is -0.117. The van der Waals surface area contributed by atoms with Gasteiger partial charge in [-0.1, -0.05) is 11.6 Å². The van der Waals surface area contributed by atoms with Gasteiger partial charge in [0.25, 0.3) is 0 Å². The molecule has 0 saturated carbocycles. The average Bonchev–Trinajstić information content (AvgIpc) is 2.57. The maximum absolute atomic E-state index is 12.4. The van der Waals surface area contributed by atoms with Crippen LogP contribution in [-0.2, 0) is 14.8 Å². The summed E-state index contributed by atoms with van der Waals surface area (Å²) in [5, 5.41) is 3.24. The molecule has 0 unspecified atom stereocenters. The molecule has 0 bridgehead atoms. The number of amides is 1. The lowest BCUT2D eigenvalue weighted by atomic mass is 10.2. The second-order valence-corrected chi connectivity index (χ2v) is 7.62. The Morgan fingerprint density at radius 2 is 1.80 bits per heavy atom. The van der Waals surface area contributed by atoms with Crippen molar-refractivity contribution in [1.82, 2.24) is 4.72 Å². The molecule has 1 amide bonds. The van der Waals surface area contributed by atoms with Crippen LogP contribution < -0.4 is 14.8 Å². The van der Waals surface area contributed by atoms with Gasteiger partial charge in [0.1, 0.15) is 5.75 Å². The SMILES string of the molecule is COc1ccc(S(=O)(=O)N[C@@H](C)C(=O)Nc2ccc(Cl)cc2C)cc1. The number of hydrogen-bond acceptors (Lipinski definition) is 4. The van der Waals surface area contributed by atoms with Crippen molar-refractivity contribution >= 4 is 33.2 Å². The predicted octanol–water partition coefficient (Wildman–Crippen LogP) is 2.96. The van der Waals surface area contributed by atoms with E-state index in [0.717, 1.165) is 5.56 Å². The van der Waals surface area contributed by atoms with Gasteiger partial charge < -0.3 is 10.1 Å². The van der Waals surface area contributed by atoms with E-state index in [4.69, 9.17) is 16.3 Å². The van der Waals surface area contributed by atoms with Crippen molar-refractivity contribution in [1.29, 1.82) is 0 Å². The van der Waals surface area contributed by atoms with Crippen LogP contribution in [0.5, 0.6) is 5.75 Å². The number of aryl methyl sites for hydroxylation is 1. The molecule has 2 rings (SSSR count). The minimum absolute atomic E-state index is 0.0515. The molecule has 0 saturated heterocycles. The first-order valence-electron chi connectivity index (χ1n) is 7.46. The van der Waals surface area contributed by atoms with E-state index in [1.165, 1.54) is 38.3 Å². The minimum Gasteiger partial charge on any atom is -0.497 e. The molecule has 2 N–H and O–H groups in total. The number of anilines is 1. The van der Waals surface area contributed by atoms with Gasteiger partial charge in [0.05, 0.1) is 18.0 Å². The number of carbonyl (C=O) groups excluding carboxylic acids is 1. The van der Waals surface area contributed by atoms with Gasteiger partial charge in [-0.2, -0.15) is 4.72 Å². The van der Waals surface area contributed by atoms with Crippen LogP contribution in [0.3, 0.4) is 0 Å². The number of hydrogen-bond donors (Lipinski definition) is 2. The summed E-state index contributed by atoms with van der Waals surface area (Å²) in [5.41, 5.74) is 1.36. The summed E-state index contributed by atoms with van der Waals surface area (Å²) in [4.78, 5) is 12.3. The summed E-state index contributed by atoms with van der Waals surface area (Å²) < 4.78 is 32.1. The fourth-order valence-electron chi connectivity index (χ4n) is 2.12. The van der Waals surface area contributed by atoms with Crippen LogP contribution in [0.2, 0.25) is 5.02 Å². The van der Waals surface area contributed by atoms with Crippen LogP contribution in [0.4, 0.5) is 5.69 Å². The zero-order chi connectivity index (χ0) is 18.6. The summed E-state index contributed by atoms with van der Waals surface area (Å²) in [6.07, 6.45) is 0. The first kappa shape index (κ1) is 19.2. The quantitative estimate of drug-likeness (QED) is 0.804. The maximum atomic E-state index is 12.4. The fourth-order valence-corrected chi connectivity index (χ4v) is 3.55. The van der Waals surface area contributed by atoms with Crippen molar-refractivity contribution in [2.45, 2.75) is 24.8 Å². The highest BCUT2D eigenvalue weighted by Crippen LogP contribution is 2.20. The Balaban J connectivity index is 2.08. The number of carbonyl (C=O) groups is 1. The van der Waals surface area contributed by atoms with Crippen molar-refractivity contribution in [2.24, 2.45) is 0 Å². The second-order valence-electron chi connectivity index (χ2n) is 5.47. The Morgan fingerprint density at radius 3 is 2.36 bits per heavy atom. The van der Waals surface area contributed by atoms with E-state index in [9.17, 15) is 13.2 Å². The number of halogens is 1. The first-order valence-corrected chi connectivity index (χ1v) is 9.32. The lowest BCUT2D eigenvalue weighted by Gasteiger charge is -2.16. The van der Waals surface area contributed by atoms with E-state index < -0.39 is 22.0 Å². The molecule has 1 atom stereocenters. The highest BCUT2D eigenvalue weighted by molar-refractivity contribution is 7.89. The molecular weight excluding hydrogens is 364 g/mol. The normalized spacial score (nSPS) is 12.5. The summed E-state index contributed by atoms with van der Waals surface area (Å²) in [7, 11) is -2.33. The molecule has 0 aliphatic heterocycles. The van der Waals surface area contributed by atoms with Gasteiger partial charge in [0.2, 0.25) is 15.9 Å². The number of benzene rings is 2. The summed E-state index contributed by atoms with van der Waals surface area (Å²) in [6, 6.07) is 9.97. The highest BCUT2D eigenvalue weighted by atomic mass is 35.5. The average molecular weight is 383 g/mol. The third kappa shape index (κ3) is 4.94. The van der Waals surface area contributed by atoms with Crippen LogP contribution in [-0.4, -0.2) is 27.5 Å². The third-order valence-electron chi connectivity index (χ3n) is 3.54. The van der Waals surface area contributed by atoms with Crippen molar-refractivity contribution in [3.05, 3.63) is 53.1 Å². The predicted molar refractivity (Wildman–Crippen MR) is 97.6 cm³/mol. The number of methoxy groups -OCH3 is 1. The Kier molecular flexibility index (Phi) is 6.05. The van der Waals surface area contributed by atoms with Crippen molar-refractivity contribution < 1.29 is 17.9 Å². The lowest BCUT2D eigenvalue weighted by Crippen LogP contribution is -2.41. The molecule has 2 aromatic carbocycles. The Hall–Kier alpha value is -2.09. The van der Waals surface area contributed by atoms with Crippen LogP contribution in [0.25, 0.3) is 0 Å². The molecule has 0 spiro atoms. The van der Waals surface area contributed by atoms with E-state index in [1.54, 1.807) is 25.1 Å². The zero-order valence-corrected chi connectivity index (χ0v) is 15.6. The van der Waals surface area contributed by atoms with Gasteiger partial charge >= 0.3 is 0 Å². The molecule has 6 nitrogen and oxygen atoms in total. The number of nitrogens with one attached hydrogen (secondary N) is 2. The molecule has 2 aromatic rings. The van der Waals surface area contributed by atoms with Crippen molar-refractivity contribution in [3.63, 3.8) is 0 Å². The van der Waals surface area contributed by atoms with Gasteiger partial charge in [0, 0.05) is 10.7 Å². The minimum atomic E-state index is -3.83. The third-order valence-corrected chi connectivity index (χ3v) is 5.33. The first-order chi connectivity index (χ1) is 11.7. The van der Waals surface area contributed by atoms with Gasteiger partial charge in [-0.15, -0.1) is 0 Å². The zero-order valence-electron chi connectivity index (χ0n) is 14.0. The van der Waals surface area contributed by atoms with Crippen molar-refractivity contribution in [2.75, 3.05) is 12.4 Å². The maximum Gasteiger partial charge on any atom is 0.242 e. The topological polar surface area (TPSA) is 84.5 Å². The van der Waals surface area contributed by atoms with Crippen LogP contribution in [0.1, 0.15) is 12.5 Å². The summed E-state index contributed by atoms with van der Waals surface area (Å²) in [5.74, 6) is 0.0745. The summed E-state index contributed by atoms with van der Waals surface area (Å²) in [6.45, 7) is 3.27. The van der Waals surface area contributed by atoms with Gasteiger partial charge in [0.15, 0.2) is 0 Å². The second kappa shape index (κ2) is 7.86. The van der Waals surface area contributed by atoms with Crippen LogP contribution in [0.15, 0.2) is 47.4 Å². The van der Waals surface area contributed by atoms with Crippen LogP contribution in [0, 0.1) is 6.92 Å². The highest BCUT2D eigenvalue weighted by Gasteiger charge is 2.22. The van der Waals surface area contributed by atoms with Crippen LogP contribution >= 0.6 is 11.6 Å². The Labute approximate surface area is 152 Å². The van der Waals surface area contributed by atoms with E-state index >= 15 is 0 Å². The molecule has 0 aromatic heterocycles. The molecule has 0 radical (unpaired) electrons. The monoisotopic (exact) mass is 382 g/mol. The van der Waals surface area contributed by atoms with E-state index in [-0.39, 0.29) is 4.90 Å². The Morgan fingerprint density at radius 1 is 1.16 bits per heavy atom. The van der Waals surface area contributed by atoms with Crippen molar-refractivity contribution in [3.8, 4) is 5.75 Å². The largest absolute Gasteiger partial charge is 0.497 e. The smallest absolute Gasteiger partial charge is 0.242 e. The number of rotatable bonds is 6. The Bertz CT molecular complexity index is 867. The van der Waals surface area contributed by atoms with E-state index in [1.807, 2.05) is 0 Å². The number of ether oxygens (including phenoxy) is 1. The molecule has 134 valence electrons. The molecule has 0 heterocycles. The van der Waals surface area contributed by atoms with E-state index in [2.05, 4.69) is 10.0 Å². The molecule has 0 aliphatic carbocycles. The number of sulfonamides is 1. The molecule has 8 heteroatoms. The molecule has 0 fully saturated rings. The van der Waals surface area contributed by atoms with Gasteiger partial charge in [-0.3, -0.25) is 4.79 Å². The summed E-state index contributed by atoms with van der Waals surface area (Å²) >= 11 is 5.88. The molecule has 25 heavy (non-hydrogen) atoms. The van der Waals surface area contributed by atoms with Gasteiger partial charge in [-0.05, 0) is 61.9 Å². The van der Waals surface area contributed by atoms with E-state index in [0.29, 0.717) is 16.5 Å². The molecule has 0 aliphatic rings. The standard InChI is InChI=1S/C17H19ClN2O4S/c1-11-10-13(18)4-9-16(11)19-17(21)12(2)20-25(22,23)15-7-5-14(24-3)6-8-15/h4-10,12,20H,1-3H3,(H,19,21)/t12-/m0/s1.